The van der Waals surface area contributed by atoms with Crippen LogP contribution in [0.2, 0.25) is 0 Å². The van der Waals surface area contributed by atoms with Gasteiger partial charge in [0, 0.05) is 33.6 Å². The molecule has 6 aromatic rings. The first-order valence-corrected chi connectivity index (χ1v) is 15.1. The SMILES string of the molecule is FB(F)N1C(=N\c2nc3ccccc3s2)/C(=C2\C(=N\c3nc4ccccc4s3)N(B(F)F)c3ccccc32)c2ccccc21. The van der Waals surface area contributed by atoms with E-state index in [0.29, 0.717) is 22.2 Å². The number of thiazole rings is 2. The normalized spacial score (nSPS) is 17.7. The number of para-hydroxylation sites is 4. The Bertz CT molecular complexity index is 1980. The molecule has 0 unspecified atom stereocenters. The zero-order valence-electron chi connectivity index (χ0n) is 22.4. The number of fused-ring (bicyclic) bond motifs is 4. The molecule has 0 saturated carbocycles. The van der Waals surface area contributed by atoms with Gasteiger partial charge in [-0.3, -0.25) is 17.3 Å². The van der Waals surface area contributed by atoms with E-state index in [2.05, 4.69) is 9.97 Å². The van der Waals surface area contributed by atoms with Crippen molar-refractivity contribution < 1.29 is 17.3 Å². The second kappa shape index (κ2) is 10.4. The molecule has 0 aliphatic carbocycles. The monoisotopic (exact) mass is 622 g/mol. The second-order valence-corrected chi connectivity index (χ2v) is 11.9. The van der Waals surface area contributed by atoms with Crippen molar-refractivity contribution in [1.29, 1.82) is 0 Å². The van der Waals surface area contributed by atoms with E-state index >= 15 is 0 Å². The van der Waals surface area contributed by atoms with Gasteiger partial charge in [-0.1, -0.05) is 83.3 Å². The Morgan fingerprint density at radius 2 is 0.909 bits per heavy atom. The summed E-state index contributed by atoms with van der Waals surface area (Å²) in [6, 6.07) is 28.1. The Kier molecular flexibility index (Phi) is 6.35. The minimum absolute atomic E-state index is 0.0989. The van der Waals surface area contributed by atoms with Crippen LogP contribution in [0.3, 0.4) is 0 Å². The van der Waals surface area contributed by atoms with E-state index in [0.717, 1.165) is 19.0 Å². The summed E-state index contributed by atoms with van der Waals surface area (Å²) in [5.41, 5.74) is 3.13. The number of hydrogen-bond acceptors (Lipinski definition) is 6. The highest BCUT2D eigenvalue weighted by Gasteiger charge is 2.47. The van der Waals surface area contributed by atoms with Gasteiger partial charge in [0.15, 0.2) is 0 Å². The number of anilines is 2. The van der Waals surface area contributed by atoms with Crippen molar-refractivity contribution >= 4 is 102 Å². The van der Waals surface area contributed by atoms with Gasteiger partial charge in [0.25, 0.3) is 0 Å². The van der Waals surface area contributed by atoms with Gasteiger partial charge in [-0.25, -0.2) is 20.0 Å². The van der Waals surface area contributed by atoms with Crippen LogP contribution in [0.5, 0.6) is 0 Å². The zero-order valence-corrected chi connectivity index (χ0v) is 24.0. The molecule has 0 radical (unpaired) electrons. The van der Waals surface area contributed by atoms with Crippen LogP contribution in [0.15, 0.2) is 107 Å². The highest BCUT2D eigenvalue weighted by Crippen LogP contribution is 2.49. The number of nitrogens with zero attached hydrogens (tertiary/aromatic N) is 6. The number of aromatic nitrogens is 2. The summed E-state index contributed by atoms with van der Waals surface area (Å²) in [4.78, 5) is 20.2. The third-order valence-electron chi connectivity index (χ3n) is 7.38. The number of aliphatic imine (C=N–C) groups is 2. The molecule has 0 N–H and O–H groups in total. The summed E-state index contributed by atoms with van der Waals surface area (Å²) >= 11 is 2.51. The maximum atomic E-state index is 14.9. The summed E-state index contributed by atoms with van der Waals surface area (Å²) in [5.74, 6) is -0.198. The predicted octanol–water partition coefficient (Wildman–Crippen LogP) is 8.77. The summed E-state index contributed by atoms with van der Waals surface area (Å²) in [6.07, 6.45) is 0. The van der Waals surface area contributed by atoms with E-state index in [9.17, 15) is 17.3 Å². The molecular weight excluding hydrogens is 606 g/mol. The van der Waals surface area contributed by atoms with Crippen LogP contribution in [0.4, 0.5) is 38.9 Å². The highest BCUT2D eigenvalue weighted by molar-refractivity contribution is 7.22. The highest BCUT2D eigenvalue weighted by atomic mass is 32.1. The number of benzene rings is 4. The molecule has 2 aliphatic rings. The summed E-state index contributed by atoms with van der Waals surface area (Å²) in [6.45, 7) is 0. The third-order valence-corrected chi connectivity index (χ3v) is 9.24. The molecule has 0 atom stereocenters. The third kappa shape index (κ3) is 4.24. The van der Waals surface area contributed by atoms with Crippen LogP contribution in [0, 0.1) is 0 Å². The van der Waals surface area contributed by atoms with Gasteiger partial charge >= 0.3 is 14.8 Å². The Hall–Kier alpha value is -4.81. The Balaban J connectivity index is 1.46. The molecule has 0 amide bonds. The fourth-order valence-electron chi connectivity index (χ4n) is 5.60. The predicted molar refractivity (Wildman–Crippen MR) is 174 cm³/mol. The standard InChI is InChI=1S/C30H16B2F4N6S2/c33-31(34)41-21-13-5-1-9-17(21)25(27(41)39-29-37-19-11-3-7-15-23(19)43-29)26-18-10-2-6-14-22(18)42(32(35)36)28(26)40-30-38-20-12-4-8-16-24(20)44-30/h1-16H/b26-25-,39-27-,40-28-. The molecule has 4 aromatic carbocycles. The van der Waals surface area contributed by atoms with Gasteiger partial charge in [0.1, 0.15) is 11.7 Å². The lowest BCUT2D eigenvalue weighted by Gasteiger charge is -2.18. The van der Waals surface area contributed by atoms with Crippen molar-refractivity contribution in [1.82, 2.24) is 9.97 Å². The van der Waals surface area contributed by atoms with Crippen LogP contribution < -0.4 is 9.62 Å². The lowest BCUT2D eigenvalue weighted by Crippen LogP contribution is -2.37. The van der Waals surface area contributed by atoms with E-state index in [1.165, 1.54) is 22.7 Å². The first kappa shape index (κ1) is 26.8. The van der Waals surface area contributed by atoms with Crippen molar-refractivity contribution in [3.8, 4) is 0 Å². The minimum Gasteiger partial charge on any atom is -0.309 e. The molecule has 0 spiro atoms. The van der Waals surface area contributed by atoms with E-state index in [-0.39, 0.29) is 44.5 Å². The van der Waals surface area contributed by atoms with Crippen molar-refractivity contribution in [2.45, 2.75) is 0 Å². The van der Waals surface area contributed by atoms with Crippen LogP contribution in [0.1, 0.15) is 11.1 Å². The van der Waals surface area contributed by atoms with Gasteiger partial charge in [-0.2, -0.15) is 0 Å². The minimum atomic E-state index is -2.98. The molecule has 0 fully saturated rings. The van der Waals surface area contributed by atoms with Crippen molar-refractivity contribution in [2.24, 2.45) is 9.98 Å². The lowest BCUT2D eigenvalue weighted by molar-refractivity contribution is 0.659. The van der Waals surface area contributed by atoms with Gasteiger partial charge in [-0.05, 0) is 36.4 Å². The van der Waals surface area contributed by atoms with Crippen molar-refractivity contribution in [3.05, 3.63) is 108 Å². The van der Waals surface area contributed by atoms with Gasteiger partial charge in [0.2, 0.25) is 10.3 Å². The van der Waals surface area contributed by atoms with E-state index in [1.54, 1.807) is 48.5 Å². The molecule has 4 heterocycles. The number of amidine groups is 2. The molecule has 6 nitrogen and oxygen atoms in total. The molecule has 2 aliphatic heterocycles. The summed E-state index contributed by atoms with van der Waals surface area (Å²) < 4.78 is 61.4. The Morgan fingerprint density at radius 1 is 0.523 bits per heavy atom. The quantitative estimate of drug-likeness (QED) is 0.146. The van der Waals surface area contributed by atoms with Crippen molar-refractivity contribution in [3.63, 3.8) is 0 Å². The fourth-order valence-corrected chi connectivity index (χ4v) is 7.28. The van der Waals surface area contributed by atoms with E-state index in [4.69, 9.17) is 9.98 Å². The summed E-state index contributed by atoms with van der Waals surface area (Å²) in [7, 11) is -5.95. The Labute approximate surface area is 256 Å². The molecule has 212 valence electrons. The van der Waals surface area contributed by atoms with Crippen LogP contribution in [0.25, 0.3) is 31.6 Å². The molecule has 44 heavy (non-hydrogen) atoms. The van der Waals surface area contributed by atoms with Crippen LogP contribution in [-0.4, -0.2) is 36.4 Å². The smallest absolute Gasteiger partial charge is 0.309 e. The molecular formula is C30H16B2F4N6S2. The van der Waals surface area contributed by atoms with Crippen LogP contribution in [-0.2, 0) is 0 Å². The first-order chi connectivity index (χ1) is 21.5. The Morgan fingerprint density at radius 3 is 1.32 bits per heavy atom. The molecule has 0 bridgehead atoms. The maximum absolute atomic E-state index is 14.9. The zero-order chi connectivity index (χ0) is 29.9. The van der Waals surface area contributed by atoms with Gasteiger partial charge in [0.05, 0.1) is 20.4 Å². The second-order valence-electron chi connectivity index (χ2n) is 9.88. The molecule has 2 aromatic heterocycles. The van der Waals surface area contributed by atoms with E-state index in [1.807, 2.05) is 48.5 Å². The molecule has 14 heteroatoms. The number of halogens is 4. The van der Waals surface area contributed by atoms with E-state index < -0.39 is 14.8 Å². The fraction of sp³-hybridized carbons (Fsp3) is 0. The first-order valence-electron chi connectivity index (χ1n) is 13.4. The average Bonchev–Trinajstić information content (AvgIpc) is 3.77. The van der Waals surface area contributed by atoms with Gasteiger partial charge < -0.3 is 9.62 Å². The molecule has 0 saturated heterocycles. The molecule has 8 rings (SSSR count). The van der Waals surface area contributed by atoms with Crippen molar-refractivity contribution in [2.75, 3.05) is 9.62 Å². The number of rotatable bonds is 4. The van der Waals surface area contributed by atoms with Gasteiger partial charge in [-0.15, -0.1) is 0 Å². The van der Waals surface area contributed by atoms with Crippen LogP contribution >= 0.6 is 22.7 Å². The number of hydrogen-bond donors (Lipinski definition) is 0. The maximum Gasteiger partial charge on any atom is 0.679 e. The largest absolute Gasteiger partial charge is 0.679 e. The topological polar surface area (TPSA) is 57.0 Å². The average molecular weight is 622 g/mol. The lowest BCUT2D eigenvalue weighted by atomic mass is 9.95. The summed E-state index contributed by atoms with van der Waals surface area (Å²) in [5, 5.41) is 0.527.